The van der Waals surface area contributed by atoms with E-state index in [1.54, 1.807) is 18.2 Å². The van der Waals surface area contributed by atoms with E-state index < -0.39 is 10.3 Å². The van der Waals surface area contributed by atoms with E-state index in [0.29, 0.717) is 5.69 Å². The summed E-state index contributed by atoms with van der Waals surface area (Å²) in [5.41, 5.74) is 0.382. The monoisotopic (exact) mass is 263 g/mol. The fourth-order valence-electron chi connectivity index (χ4n) is 0.779. The van der Waals surface area contributed by atoms with Gasteiger partial charge in [0.2, 0.25) is 0 Å². The van der Waals surface area contributed by atoms with Gasteiger partial charge in [-0.1, -0.05) is 33.6 Å². The van der Waals surface area contributed by atoms with E-state index in [0.717, 1.165) is 0 Å². The van der Waals surface area contributed by atoms with Gasteiger partial charge in [0.05, 0.1) is 5.69 Å². The molecule has 5 heteroatoms. The summed E-state index contributed by atoms with van der Waals surface area (Å²) in [6.07, 6.45) is 0. The van der Waals surface area contributed by atoms with Crippen molar-refractivity contribution in [2.75, 3.05) is 0 Å². The van der Waals surface area contributed by atoms with Gasteiger partial charge in [-0.2, -0.15) is 0 Å². The van der Waals surface area contributed by atoms with Crippen LogP contribution in [-0.2, 0) is 9.12 Å². The second-order valence-electron chi connectivity index (χ2n) is 2.65. The molecule has 0 amide bonds. The molecule has 0 spiro atoms. The first kappa shape index (κ1) is 10.5. The van der Waals surface area contributed by atoms with Gasteiger partial charge in [-0.15, -0.1) is 0 Å². The number of carbonyl (C=O) groups is 1. The highest BCUT2D eigenvalue weighted by atomic mass is 79.9. The average Bonchev–Trinajstić information content (AvgIpc) is 2.04. The molecule has 1 atom stereocenters. The molecule has 13 heavy (non-hydrogen) atoms. The van der Waals surface area contributed by atoms with Gasteiger partial charge >= 0.3 is 5.97 Å². The summed E-state index contributed by atoms with van der Waals surface area (Å²) in [5.74, 6) is -0.998. The Hall–Kier alpha value is -0.610. The summed E-state index contributed by atoms with van der Waals surface area (Å²) in [7, 11) is 0. The molecule has 1 aromatic rings. The number of nitrogens with zero attached hydrogens (tertiary/aromatic N) is 1. The van der Waals surface area contributed by atoms with Crippen LogP contribution in [0.4, 0.5) is 0 Å². The molecule has 1 unspecified atom stereocenters. The smallest absolute Gasteiger partial charge is 0.326 e. The third-order valence-corrected chi connectivity index (χ3v) is 2.55. The standard InChI is InChI=1S/C8H7BrClNO2/c1-8(9,7(12)13)5-3-2-4-6(10)11-5/h2-4H,1H3,(H,12,13). The maximum Gasteiger partial charge on any atom is 0.326 e. The minimum atomic E-state index is -1.18. The van der Waals surface area contributed by atoms with Crippen LogP contribution in [0.5, 0.6) is 0 Å². The SMILES string of the molecule is CC(Br)(C(=O)O)c1cccc(Cl)n1. The second kappa shape index (κ2) is 3.64. The van der Waals surface area contributed by atoms with Crippen LogP contribution in [0.2, 0.25) is 5.15 Å². The number of carboxylic acids is 1. The van der Waals surface area contributed by atoms with Crippen molar-refractivity contribution in [3.05, 3.63) is 29.0 Å². The van der Waals surface area contributed by atoms with Crippen molar-refractivity contribution in [3.63, 3.8) is 0 Å². The number of hydrogen-bond donors (Lipinski definition) is 1. The lowest BCUT2D eigenvalue weighted by atomic mass is 10.1. The summed E-state index contributed by atoms with van der Waals surface area (Å²) < 4.78 is -1.18. The quantitative estimate of drug-likeness (QED) is 0.659. The Bertz CT molecular complexity index is 341. The summed E-state index contributed by atoms with van der Waals surface area (Å²) in [5, 5.41) is 9.14. The summed E-state index contributed by atoms with van der Waals surface area (Å²) in [6, 6.07) is 4.86. The fourth-order valence-corrected chi connectivity index (χ4v) is 1.16. The molecular formula is C8H7BrClNO2. The van der Waals surface area contributed by atoms with Crippen molar-refractivity contribution in [3.8, 4) is 0 Å². The van der Waals surface area contributed by atoms with Gasteiger partial charge in [0.15, 0.2) is 4.32 Å². The maximum absolute atomic E-state index is 10.8. The number of carboxylic acid groups (broad SMARTS) is 1. The van der Waals surface area contributed by atoms with Crippen LogP contribution in [0, 0.1) is 0 Å². The zero-order valence-corrected chi connectivity index (χ0v) is 9.13. The van der Waals surface area contributed by atoms with Crippen LogP contribution in [0.25, 0.3) is 0 Å². The molecule has 0 aliphatic heterocycles. The molecule has 70 valence electrons. The van der Waals surface area contributed by atoms with Crippen molar-refractivity contribution in [2.24, 2.45) is 0 Å². The summed E-state index contributed by atoms with van der Waals surface area (Å²) >= 11 is 8.70. The first-order valence-electron chi connectivity index (χ1n) is 3.50. The van der Waals surface area contributed by atoms with Crippen molar-refractivity contribution in [1.82, 2.24) is 4.98 Å². The van der Waals surface area contributed by atoms with Crippen LogP contribution in [0.15, 0.2) is 18.2 Å². The van der Waals surface area contributed by atoms with Crippen LogP contribution in [-0.4, -0.2) is 16.1 Å². The number of aliphatic carboxylic acids is 1. The third kappa shape index (κ3) is 2.19. The van der Waals surface area contributed by atoms with Gasteiger partial charge in [0, 0.05) is 0 Å². The first-order valence-corrected chi connectivity index (χ1v) is 4.67. The van der Waals surface area contributed by atoms with Gasteiger partial charge in [0.25, 0.3) is 0 Å². The van der Waals surface area contributed by atoms with Gasteiger partial charge in [-0.25, -0.2) is 4.98 Å². The van der Waals surface area contributed by atoms with Crippen molar-refractivity contribution in [1.29, 1.82) is 0 Å². The Labute approximate surface area is 88.9 Å². The van der Waals surface area contributed by atoms with Crippen molar-refractivity contribution in [2.45, 2.75) is 11.2 Å². The number of rotatable bonds is 2. The molecule has 0 aromatic carbocycles. The molecule has 0 saturated carbocycles. The Morgan fingerprint density at radius 2 is 2.31 bits per heavy atom. The topological polar surface area (TPSA) is 50.2 Å². The maximum atomic E-state index is 10.8. The highest BCUT2D eigenvalue weighted by Gasteiger charge is 2.33. The Morgan fingerprint density at radius 3 is 2.77 bits per heavy atom. The van der Waals surface area contributed by atoms with E-state index >= 15 is 0 Å². The summed E-state index contributed by atoms with van der Waals surface area (Å²) in [4.78, 5) is 14.7. The molecule has 0 aliphatic rings. The van der Waals surface area contributed by atoms with Crippen molar-refractivity contribution >= 4 is 33.5 Å². The number of alkyl halides is 1. The van der Waals surface area contributed by atoms with E-state index in [4.69, 9.17) is 16.7 Å². The van der Waals surface area contributed by atoms with Gasteiger partial charge in [-0.3, -0.25) is 4.79 Å². The number of hydrogen-bond acceptors (Lipinski definition) is 2. The molecule has 3 nitrogen and oxygen atoms in total. The molecule has 1 rings (SSSR count). The Morgan fingerprint density at radius 1 is 1.69 bits per heavy atom. The number of halogens is 2. The molecule has 0 bridgehead atoms. The van der Waals surface area contributed by atoms with Crippen LogP contribution < -0.4 is 0 Å². The van der Waals surface area contributed by atoms with E-state index in [2.05, 4.69) is 20.9 Å². The van der Waals surface area contributed by atoms with E-state index in [9.17, 15) is 4.79 Å². The van der Waals surface area contributed by atoms with Crippen LogP contribution in [0.3, 0.4) is 0 Å². The predicted octanol–water partition coefficient (Wildman–Crippen LogP) is 2.43. The molecule has 0 aliphatic carbocycles. The zero-order valence-electron chi connectivity index (χ0n) is 6.79. The molecule has 0 saturated heterocycles. The van der Waals surface area contributed by atoms with E-state index in [-0.39, 0.29) is 5.15 Å². The van der Waals surface area contributed by atoms with Crippen molar-refractivity contribution < 1.29 is 9.90 Å². The predicted molar refractivity (Wildman–Crippen MR) is 53.2 cm³/mol. The zero-order chi connectivity index (χ0) is 10.1. The normalized spacial score (nSPS) is 15.0. The molecule has 1 heterocycles. The van der Waals surface area contributed by atoms with Gasteiger partial charge < -0.3 is 5.11 Å². The Balaban J connectivity index is 3.14. The van der Waals surface area contributed by atoms with E-state index in [1.165, 1.54) is 6.92 Å². The lowest BCUT2D eigenvalue weighted by Crippen LogP contribution is -2.26. The molecule has 0 radical (unpaired) electrons. The molecule has 1 aromatic heterocycles. The molecule has 0 fully saturated rings. The van der Waals surface area contributed by atoms with Gasteiger partial charge in [-0.05, 0) is 19.1 Å². The summed E-state index contributed by atoms with van der Waals surface area (Å²) in [6.45, 7) is 1.51. The lowest BCUT2D eigenvalue weighted by molar-refractivity contribution is -0.139. The van der Waals surface area contributed by atoms with E-state index in [1.807, 2.05) is 0 Å². The highest BCUT2D eigenvalue weighted by Crippen LogP contribution is 2.30. The van der Waals surface area contributed by atoms with Gasteiger partial charge in [0.1, 0.15) is 5.15 Å². The Kier molecular flexibility index (Phi) is 2.93. The molecule has 1 N–H and O–H groups in total. The third-order valence-electron chi connectivity index (χ3n) is 1.60. The van der Waals surface area contributed by atoms with Crippen LogP contribution >= 0.6 is 27.5 Å². The first-order chi connectivity index (χ1) is 5.94. The average molecular weight is 265 g/mol. The van der Waals surface area contributed by atoms with Crippen LogP contribution in [0.1, 0.15) is 12.6 Å². The molecular weight excluding hydrogens is 257 g/mol. The largest absolute Gasteiger partial charge is 0.480 e. The highest BCUT2D eigenvalue weighted by molar-refractivity contribution is 9.10. The number of aromatic nitrogens is 1. The second-order valence-corrected chi connectivity index (χ2v) is 4.63. The minimum Gasteiger partial charge on any atom is -0.480 e. The lowest BCUT2D eigenvalue weighted by Gasteiger charge is -2.15. The fraction of sp³-hybridized carbons (Fsp3) is 0.250. The minimum absolute atomic E-state index is 0.282. The number of pyridine rings is 1.